The summed E-state index contributed by atoms with van der Waals surface area (Å²) in [4.78, 5) is 23.5. The number of carbonyl (C=O) groups is 2. The minimum absolute atomic E-state index is 0.0424. The average Bonchev–Trinajstić information content (AvgIpc) is 2.64. The van der Waals surface area contributed by atoms with E-state index in [0.717, 1.165) is 16.7 Å². The van der Waals surface area contributed by atoms with E-state index in [1.807, 2.05) is 43.3 Å². The molecule has 0 spiro atoms. The standard InChI is InChI=1S/C22H18O3/c1-15-3-13-21(14-4-15)25-22(24)20-11-9-19(10-12-20)18-7-5-17(6-8-18)16(2)23/h3-14H,1-2H3. The third-order valence-corrected chi connectivity index (χ3v) is 3.98. The summed E-state index contributed by atoms with van der Waals surface area (Å²) in [6, 6.07) is 22.0. The fourth-order valence-electron chi connectivity index (χ4n) is 2.47. The predicted octanol–water partition coefficient (Wildman–Crippen LogP) is 5.08. The highest BCUT2D eigenvalue weighted by Gasteiger charge is 2.09. The van der Waals surface area contributed by atoms with Crippen molar-refractivity contribution in [3.8, 4) is 16.9 Å². The number of hydrogen-bond donors (Lipinski definition) is 0. The molecule has 0 atom stereocenters. The van der Waals surface area contributed by atoms with Crippen molar-refractivity contribution in [2.75, 3.05) is 0 Å². The molecule has 0 fully saturated rings. The zero-order chi connectivity index (χ0) is 17.8. The fourth-order valence-corrected chi connectivity index (χ4v) is 2.47. The zero-order valence-electron chi connectivity index (χ0n) is 14.2. The summed E-state index contributed by atoms with van der Waals surface area (Å²) in [6.07, 6.45) is 0. The van der Waals surface area contributed by atoms with E-state index in [1.54, 1.807) is 43.3 Å². The van der Waals surface area contributed by atoms with Crippen LogP contribution < -0.4 is 4.74 Å². The lowest BCUT2D eigenvalue weighted by Gasteiger charge is -2.06. The maximum absolute atomic E-state index is 12.2. The maximum atomic E-state index is 12.2. The molecule has 0 unspecified atom stereocenters. The zero-order valence-corrected chi connectivity index (χ0v) is 14.2. The molecule has 0 saturated heterocycles. The highest BCUT2D eigenvalue weighted by molar-refractivity contribution is 5.94. The molecule has 0 aromatic heterocycles. The smallest absolute Gasteiger partial charge is 0.343 e. The lowest BCUT2D eigenvalue weighted by atomic mass is 10.0. The van der Waals surface area contributed by atoms with Gasteiger partial charge in [-0.3, -0.25) is 4.79 Å². The molecule has 0 bridgehead atoms. The van der Waals surface area contributed by atoms with Crippen molar-refractivity contribution in [2.45, 2.75) is 13.8 Å². The number of esters is 1. The molecule has 0 saturated carbocycles. The molecule has 124 valence electrons. The van der Waals surface area contributed by atoms with E-state index in [0.29, 0.717) is 16.9 Å². The van der Waals surface area contributed by atoms with Gasteiger partial charge < -0.3 is 4.74 Å². The molecule has 25 heavy (non-hydrogen) atoms. The number of ether oxygens (including phenoxy) is 1. The second-order valence-electron chi connectivity index (χ2n) is 5.91. The lowest BCUT2D eigenvalue weighted by molar-refractivity contribution is 0.0734. The van der Waals surface area contributed by atoms with Gasteiger partial charge in [0.25, 0.3) is 0 Å². The number of ketones is 1. The van der Waals surface area contributed by atoms with Crippen LogP contribution in [0.15, 0.2) is 72.8 Å². The number of benzene rings is 3. The third-order valence-electron chi connectivity index (χ3n) is 3.98. The first-order valence-electron chi connectivity index (χ1n) is 8.03. The molecule has 3 rings (SSSR count). The van der Waals surface area contributed by atoms with Crippen molar-refractivity contribution in [3.63, 3.8) is 0 Å². The van der Waals surface area contributed by atoms with Crippen LogP contribution in [0.3, 0.4) is 0 Å². The Morgan fingerprint density at radius 1 is 0.680 bits per heavy atom. The normalized spacial score (nSPS) is 10.3. The van der Waals surface area contributed by atoms with Gasteiger partial charge in [-0.15, -0.1) is 0 Å². The number of hydrogen-bond acceptors (Lipinski definition) is 3. The number of carbonyl (C=O) groups excluding carboxylic acids is 2. The molecular weight excluding hydrogens is 312 g/mol. The van der Waals surface area contributed by atoms with Crippen LogP contribution in [0.5, 0.6) is 5.75 Å². The Morgan fingerprint density at radius 2 is 1.16 bits per heavy atom. The fraction of sp³-hybridized carbons (Fsp3) is 0.0909. The van der Waals surface area contributed by atoms with Gasteiger partial charge in [-0.05, 0) is 49.2 Å². The van der Waals surface area contributed by atoms with Crippen molar-refractivity contribution in [3.05, 3.63) is 89.5 Å². The summed E-state index contributed by atoms with van der Waals surface area (Å²) < 4.78 is 5.37. The van der Waals surface area contributed by atoms with Gasteiger partial charge in [-0.25, -0.2) is 4.79 Å². The van der Waals surface area contributed by atoms with Crippen molar-refractivity contribution in [2.24, 2.45) is 0 Å². The van der Waals surface area contributed by atoms with E-state index in [9.17, 15) is 9.59 Å². The Balaban J connectivity index is 1.74. The Morgan fingerprint density at radius 3 is 1.64 bits per heavy atom. The molecule has 0 radical (unpaired) electrons. The number of aryl methyl sites for hydroxylation is 1. The van der Waals surface area contributed by atoms with E-state index < -0.39 is 0 Å². The Labute approximate surface area is 146 Å². The van der Waals surface area contributed by atoms with Crippen LogP contribution >= 0.6 is 0 Å². The Bertz CT molecular complexity index is 890. The average molecular weight is 330 g/mol. The van der Waals surface area contributed by atoms with Crippen LogP contribution in [0.25, 0.3) is 11.1 Å². The molecule has 0 N–H and O–H groups in total. The van der Waals surface area contributed by atoms with Gasteiger partial charge in [0.15, 0.2) is 5.78 Å². The number of rotatable bonds is 4. The highest BCUT2D eigenvalue weighted by atomic mass is 16.5. The minimum atomic E-state index is -0.387. The SMILES string of the molecule is CC(=O)c1ccc(-c2ccc(C(=O)Oc3ccc(C)cc3)cc2)cc1. The molecule has 0 amide bonds. The molecule has 0 heterocycles. The Hall–Kier alpha value is -3.20. The van der Waals surface area contributed by atoms with Gasteiger partial charge in [-0.1, -0.05) is 54.1 Å². The van der Waals surface area contributed by atoms with Crippen LogP contribution in [0.1, 0.15) is 33.2 Å². The van der Waals surface area contributed by atoms with Crippen molar-refractivity contribution in [1.29, 1.82) is 0 Å². The van der Waals surface area contributed by atoms with E-state index in [2.05, 4.69) is 0 Å². The van der Waals surface area contributed by atoms with Gasteiger partial charge in [0.2, 0.25) is 0 Å². The molecule has 3 nitrogen and oxygen atoms in total. The molecule has 3 heteroatoms. The van der Waals surface area contributed by atoms with Gasteiger partial charge in [0.1, 0.15) is 5.75 Å². The van der Waals surface area contributed by atoms with Gasteiger partial charge in [0.05, 0.1) is 5.56 Å². The van der Waals surface area contributed by atoms with Crippen molar-refractivity contribution < 1.29 is 14.3 Å². The molecule has 0 aliphatic carbocycles. The topological polar surface area (TPSA) is 43.4 Å². The van der Waals surface area contributed by atoms with E-state index in [1.165, 1.54) is 0 Å². The first kappa shape index (κ1) is 16.7. The van der Waals surface area contributed by atoms with Gasteiger partial charge in [0, 0.05) is 5.56 Å². The van der Waals surface area contributed by atoms with Gasteiger partial charge in [-0.2, -0.15) is 0 Å². The van der Waals surface area contributed by atoms with Crippen LogP contribution in [-0.4, -0.2) is 11.8 Å². The van der Waals surface area contributed by atoms with E-state index >= 15 is 0 Å². The monoisotopic (exact) mass is 330 g/mol. The summed E-state index contributed by atoms with van der Waals surface area (Å²) in [5, 5.41) is 0. The van der Waals surface area contributed by atoms with E-state index in [4.69, 9.17) is 4.74 Å². The predicted molar refractivity (Wildman–Crippen MR) is 98.0 cm³/mol. The molecule has 0 aliphatic heterocycles. The number of Topliss-reactive ketones (excluding diaryl/α,β-unsaturated/α-hetero) is 1. The van der Waals surface area contributed by atoms with Crippen LogP contribution in [0.4, 0.5) is 0 Å². The van der Waals surface area contributed by atoms with Gasteiger partial charge >= 0.3 is 5.97 Å². The quantitative estimate of drug-likeness (QED) is 0.380. The lowest BCUT2D eigenvalue weighted by Crippen LogP contribution is -2.08. The summed E-state index contributed by atoms with van der Waals surface area (Å²) in [6.45, 7) is 3.52. The van der Waals surface area contributed by atoms with Crippen LogP contribution in [0.2, 0.25) is 0 Å². The largest absolute Gasteiger partial charge is 0.423 e. The first-order valence-corrected chi connectivity index (χ1v) is 8.03. The van der Waals surface area contributed by atoms with Crippen LogP contribution in [0, 0.1) is 6.92 Å². The summed E-state index contributed by atoms with van der Waals surface area (Å²) >= 11 is 0. The van der Waals surface area contributed by atoms with E-state index in [-0.39, 0.29) is 11.8 Å². The first-order chi connectivity index (χ1) is 12.0. The Kier molecular flexibility index (Phi) is 4.75. The molecule has 3 aromatic carbocycles. The maximum Gasteiger partial charge on any atom is 0.343 e. The third kappa shape index (κ3) is 4.01. The molecule has 3 aromatic rings. The second kappa shape index (κ2) is 7.14. The van der Waals surface area contributed by atoms with Crippen molar-refractivity contribution >= 4 is 11.8 Å². The summed E-state index contributed by atoms with van der Waals surface area (Å²) in [5.41, 5.74) is 4.25. The minimum Gasteiger partial charge on any atom is -0.423 e. The highest BCUT2D eigenvalue weighted by Crippen LogP contribution is 2.21. The molecular formula is C22H18O3. The van der Waals surface area contributed by atoms with Crippen LogP contribution in [-0.2, 0) is 0 Å². The second-order valence-corrected chi connectivity index (χ2v) is 5.91. The summed E-state index contributed by atoms with van der Waals surface area (Å²) in [7, 11) is 0. The summed E-state index contributed by atoms with van der Waals surface area (Å²) in [5.74, 6) is 0.183. The van der Waals surface area contributed by atoms with Crippen molar-refractivity contribution in [1.82, 2.24) is 0 Å². The molecule has 0 aliphatic rings.